The number of carbonyl (C=O) groups is 1. The van der Waals surface area contributed by atoms with Gasteiger partial charge in [0.1, 0.15) is 12.0 Å². The van der Waals surface area contributed by atoms with Crippen LogP contribution >= 0.6 is 0 Å². The molecule has 0 aromatic carbocycles. The fourth-order valence-corrected chi connectivity index (χ4v) is 5.19. The zero-order valence-electron chi connectivity index (χ0n) is 11.6. The third-order valence-corrected chi connectivity index (χ3v) is 5.58. The average Bonchev–Trinajstić information content (AvgIpc) is 2.84. The first-order valence-electron chi connectivity index (χ1n) is 7.68. The molecule has 4 aliphatic rings. The Morgan fingerprint density at radius 3 is 2.35 bits per heavy atom. The summed E-state index contributed by atoms with van der Waals surface area (Å²) in [6.07, 6.45) is 9.53. The van der Waals surface area contributed by atoms with Crippen LogP contribution in [-0.2, 0) is 6.54 Å². The van der Waals surface area contributed by atoms with Gasteiger partial charge in [-0.3, -0.25) is 0 Å². The molecule has 4 fully saturated rings. The maximum atomic E-state index is 10.9. The fraction of sp³-hybridized carbons (Fsp3) is 0.688. The van der Waals surface area contributed by atoms with Gasteiger partial charge >= 0.3 is 5.97 Å². The summed E-state index contributed by atoms with van der Waals surface area (Å²) in [6, 6.07) is 1.63. The number of carboxylic acid groups (broad SMARTS) is 1. The Kier molecular flexibility index (Phi) is 2.71. The predicted molar refractivity (Wildman–Crippen MR) is 73.4 cm³/mol. The molecule has 1 aromatic rings. The van der Waals surface area contributed by atoms with Gasteiger partial charge in [-0.15, -0.1) is 0 Å². The van der Waals surface area contributed by atoms with Crippen molar-refractivity contribution in [1.29, 1.82) is 0 Å². The van der Waals surface area contributed by atoms with E-state index in [1.807, 2.05) is 0 Å². The van der Waals surface area contributed by atoms with Crippen LogP contribution in [0.1, 0.15) is 54.6 Å². The van der Waals surface area contributed by atoms with Crippen LogP contribution in [0.4, 0.5) is 0 Å². The molecule has 20 heavy (non-hydrogen) atoms. The third kappa shape index (κ3) is 2.06. The number of carboxylic acids is 1. The highest BCUT2D eigenvalue weighted by Gasteiger charge is 2.50. The number of hydrogen-bond acceptors (Lipinski definition) is 3. The standard InChI is InChI=1S/C16H21NO3/c18-15(19)13-4-14(20-9-13)8-17-16-5-10-1-11(6-16)3-12(2-10)7-16/h4,9-12,17H,1-3,5-8H2,(H,18,19). The molecule has 4 aliphatic carbocycles. The summed E-state index contributed by atoms with van der Waals surface area (Å²) in [5, 5.41) is 12.6. The van der Waals surface area contributed by atoms with Crippen molar-refractivity contribution in [2.75, 3.05) is 0 Å². The fourth-order valence-electron chi connectivity index (χ4n) is 5.19. The second kappa shape index (κ2) is 4.35. The summed E-state index contributed by atoms with van der Waals surface area (Å²) in [7, 11) is 0. The topological polar surface area (TPSA) is 62.5 Å². The average molecular weight is 275 g/mol. The molecule has 0 amide bonds. The van der Waals surface area contributed by atoms with Crippen LogP contribution in [0.25, 0.3) is 0 Å². The lowest BCUT2D eigenvalue weighted by atomic mass is 9.53. The van der Waals surface area contributed by atoms with E-state index in [1.54, 1.807) is 6.07 Å². The van der Waals surface area contributed by atoms with Crippen LogP contribution in [-0.4, -0.2) is 16.6 Å². The van der Waals surface area contributed by atoms with Crippen molar-refractivity contribution in [3.8, 4) is 0 Å². The summed E-state index contributed by atoms with van der Waals surface area (Å²) in [4.78, 5) is 10.9. The molecule has 0 spiro atoms. The van der Waals surface area contributed by atoms with E-state index in [2.05, 4.69) is 5.32 Å². The first-order chi connectivity index (χ1) is 9.62. The highest BCUT2D eigenvalue weighted by atomic mass is 16.4. The lowest BCUT2D eigenvalue weighted by Gasteiger charge is -2.57. The van der Waals surface area contributed by atoms with Gasteiger partial charge in [0, 0.05) is 5.54 Å². The van der Waals surface area contributed by atoms with E-state index in [0.717, 1.165) is 23.5 Å². The van der Waals surface area contributed by atoms with Crippen LogP contribution < -0.4 is 5.32 Å². The Hall–Kier alpha value is -1.29. The lowest BCUT2D eigenvalue weighted by Crippen LogP contribution is -2.58. The SMILES string of the molecule is O=C(O)c1coc(CNC23CC4CC(CC(C4)C2)C3)c1. The molecule has 0 unspecified atom stereocenters. The largest absolute Gasteiger partial charge is 0.478 e. The maximum Gasteiger partial charge on any atom is 0.338 e. The Bertz CT molecular complexity index is 498. The van der Waals surface area contributed by atoms with Gasteiger partial charge in [-0.2, -0.15) is 0 Å². The van der Waals surface area contributed by atoms with Crippen molar-refractivity contribution in [3.63, 3.8) is 0 Å². The van der Waals surface area contributed by atoms with Gasteiger partial charge in [-0.05, 0) is 62.3 Å². The highest BCUT2D eigenvalue weighted by Crippen LogP contribution is 2.55. The number of aromatic carboxylic acids is 1. The Labute approximate surface area is 118 Å². The maximum absolute atomic E-state index is 10.9. The molecular formula is C16H21NO3. The van der Waals surface area contributed by atoms with Gasteiger partial charge in [0.05, 0.1) is 12.1 Å². The molecule has 4 heteroatoms. The molecular weight excluding hydrogens is 254 g/mol. The van der Waals surface area contributed by atoms with E-state index in [9.17, 15) is 4.79 Å². The second-order valence-corrected chi connectivity index (χ2v) is 7.16. The number of hydrogen-bond donors (Lipinski definition) is 2. The summed E-state index contributed by atoms with van der Waals surface area (Å²) in [5.41, 5.74) is 0.539. The minimum atomic E-state index is -0.921. The van der Waals surface area contributed by atoms with Crippen molar-refractivity contribution in [2.24, 2.45) is 17.8 Å². The minimum Gasteiger partial charge on any atom is -0.478 e. The quantitative estimate of drug-likeness (QED) is 0.886. The van der Waals surface area contributed by atoms with E-state index in [4.69, 9.17) is 9.52 Å². The Morgan fingerprint density at radius 1 is 1.25 bits per heavy atom. The number of furan rings is 1. The molecule has 5 rings (SSSR count). The van der Waals surface area contributed by atoms with E-state index >= 15 is 0 Å². The summed E-state index contributed by atoms with van der Waals surface area (Å²) in [6.45, 7) is 0.652. The van der Waals surface area contributed by atoms with Gasteiger partial charge in [-0.25, -0.2) is 4.79 Å². The normalized spacial score (nSPS) is 38.3. The van der Waals surface area contributed by atoms with E-state index in [0.29, 0.717) is 12.1 Å². The van der Waals surface area contributed by atoms with Gasteiger partial charge in [-0.1, -0.05) is 0 Å². The molecule has 4 bridgehead atoms. The molecule has 1 heterocycles. The van der Waals surface area contributed by atoms with Crippen molar-refractivity contribution < 1.29 is 14.3 Å². The van der Waals surface area contributed by atoms with Gasteiger partial charge < -0.3 is 14.8 Å². The van der Waals surface area contributed by atoms with Crippen LogP contribution in [0.2, 0.25) is 0 Å². The summed E-state index contributed by atoms with van der Waals surface area (Å²) < 4.78 is 5.35. The Morgan fingerprint density at radius 2 is 1.85 bits per heavy atom. The van der Waals surface area contributed by atoms with E-state index in [1.165, 1.54) is 44.8 Å². The monoisotopic (exact) mass is 275 g/mol. The molecule has 0 atom stereocenters. The molecule has 108 valence electrons. The predicted octanol–water partition coefficient (Wildman–Crippen LogP) is 3.04. The van der Waals surface area contributed by atoms with Gasteiger partial charge in [0.2, 0.25) is 0 Å². The Balaban J connectivity index is 1.45. The highest BCUT2D eigenvalue weighted by molar-refractivity contribution is 5.87. The molecule has 0 aliphatic heterocycles. The minimum absolute atomic E-state index is 0.243. The molecule has 4 nitrogen and oxygen atoms in total. The lowest BCUT2D eigenvalue weighted by molar-refractivity contribution is -0.0213. The first kappa shape index (κ1) is 12.5. The van der Waals surface area contributed by atoms with E-state index < -0.39 is 5.97 Å². The first-order valence-corrected chi connectivity index (χ1v) is 7.68. The number of rotatable bonds is 4. The third-order valence-electron chi connectivity index (χ3n) is 5.58. The molecule has 4 saturated carbocycles. The van der Waals surface area contributed by atoms with Crippen molar-refractivity contribution in [3.05, 3.63) is 23.7 Å². The van der Waals surface area contributed by atoms with Crippen LogP contribution in [0.5, 0.6) is 0 Å². The van der Waals surface area contributed by atoms with Gasteiger partial charge in [0.15, 0.2) is 0 Å². The zero-order valence-corrected chi connectivity index (χ0v) is 11.6. The van der Waals surface area contributed by atoms with Crippen LogP contribution in [0.3, 0.4) is 0 Å². The van der Waals surface area contributed by atoms with Crippen LogP contribution in [0.15, 0.2) is 16.7 Å². The number of nitrogens with one attached hydrogen (secondary N) is 1. The van der Waals surface area contributed by atoms with Crippen molar-refractivity contribution in [1.82, 2.24) is 5.32 Å². The van der Waals surface area contributed by atoms with E-state index in [-0.39, 0.29) is 5.56 Å². The van der Waals surface area contributed by atoms with Gasteiger partial charge in [0.25, 0.3) is 0 Å². The summed E-state index contributed by atoms with van der Waals surface area (Å²) >= 11 is 0. The van der Waals surface area contributed by atoms with Crippen molar-refractivity contribution in [2.45, 2.75) is 50.6 Å². The molecule has 0 radical (unpaired) electrons. The molecule has 1 aromatic heterocycles. The zero-order chi connectivity index (χ0) is 13.7. The van der Waals surface area contributed by atoms with Crippen LogP contribution in [0, 0.1) is 17.8 Å². The smallest absolute Gasteiger partial charge is 0.338 e. The van der Waals surface area contributed by atoms with Crippen molar-refractivity contribution >= 4 is 5.97 Å². The molecule has 2 N–H and O–H groups in total. The second-order valence-electron chi connectivity index (χ2n) is 7.16. The molecule has 0 saturated heterocycles. The summed E-state index contributed by atoms with van der Waals surface area (Å²) in [5.74, 6) is 2.56.